The van der Waals surface area contributed by atoms with E-state index < -0.39 is 0 Å². The number of aromatic hydroxyl groups is 2. The van der Waals surface area contributed by atoms with Crippen molar-refractivity contribution in [3.05, 3.63) is 28.8 Å². The van der Waals surface area contributed by atoms with Gasteiger partial charge in [-0.1, -0.05) is 0 Å². The van der Waals surface area contributed by atoms with Gasteiger partial charge in [0.05, 0.1) is 21.3 Å². The number of hydrogen-bond acceptors (Lipinski definition) is 6. The molecule has 1 unspecified atom stereocenters. The molecule has 1 atom stereocenters. The summed E-state index contributed by atoms with van der Waals surface area (Å²) in [6, 6.07) is 3.97. The summed E-state index contributed by atoms with van der Waals surface area (Å²) in [5, 5.41) is 21.7. The van der Waals surface area contributed by atoms with Gasteiger partial charge in [-0.25, -0.2) is 0 Å². The van der Waals surface area contributed by atoms with E-state index in [4.69, 9.17) is 14.2 Å². The summed E-state index contributed by atoms with van der Waals surface area (Å²) in [4.78, 5) is 2.33. The Morgan fingerprint density at radius 2 is 1.56 bits per heavy atom. The van der Waals surface area contributed by atoms with E-state index in [1.807, 2.05) is 12.1 Å². The minimum absolute atomic E-state index is 0.0580. The quantitative estimate of drug-likeness (QED) is 0.863. The Morgan fingerprint density at radius 1 is 0.889 bits per heavy atom. The van der Waals surface area contributed by atoms with Crippen LogP contribution in [0.4, 0.5) is 0 Å². The Balaban J connectivity index is 2.13. The van der Waals surface area contributed by atoms with Gasteiger partial charge in [-0.15, -0.1) is 0 Å². The number of aryl methyl sites for hydroxylation is 1. The van der Waals surface area contributed by atoms with Gasteiger partial charge in [0.25, 0.3) is 0 Å². The van der Waals surface area contributed by atoms with Crippen LogP contribution < -0.4 is 14.2 Å². The molecule has 144 valence electrons. The van der Waals surface area contributed by atoms with Crippen LogP contribution in [-0.4, -0.2) is 50.0 Å². The minimum Gasteiger partial charge on any atom is -0.504 e. The monoisotopic (exact) mass is 371 g/mol. The first kappa shape index (κ1) is 17.8. The van der Waals surface area contributed by atoms with Crippen LogP contribution >= 0.6 is 0 Å². The van der Waals surface area contributed by atoms with Crippen molar-refractivity contribution >= 4 is 0 Å². The third kappa shape index (κ3) is 2.51. The van der Waals surface area contributed by atoms with E-state index in [1.165, 1.54) is 19.8 Å². The van der Waals surface area contributed by atoms with E-state index in [0.717, 1.165) is 42.5 Å². The van der Waals surface area contributed by atoms with Crippen LogP contribution in [0.25, 0.3) is 11.1 Å². The molecule has 0 amide bonds. The lowest BCUT2D eigenvalue weighted by Gasteiger charge is -2.35. The number of phenols is 2. The summed E-state index contributed by atoms with van der Waals surface area (Å²) >= 11 is 0. The van der Waals surface area contributed by atoms with E-state index in [-0.39, 0.29) is 17.5 Å². The van der Waals surface area contributed by atoms with Crippen LogP contribution in [0, 0.1) is 0 Å². The first-order chi connectivity index (χ1) is 13.0. The lowest BCUT2D eigenvalue weighted by Crippen LogP contribution is -2.32. The Kier molecular flexibility index (Phi) is 4.30. The highest BCUT2D eigenvalue weighted by molar-refractivity contribution is 5.88. The van der Waals surface area contributed by atoms with Crippen molar-refractivity contribution in [3.8, 4) is 39.9 Å². The average Bonchev–Trinajstić information content (AvgIpc) is 2.84. The van der Waals surface area contributed by atoms with E-state index in [0.29, 0.717) is 22.8 Å². The second kappa shape index (κ2) is 6.53. The predicted octanol–water partition coefficient (Wildman–Crippen LogP) is 3.27. The number of phenolic OH excluding ortho intramolecular Hbond substituents is 2. The molecule has 1 aliphatic carbocycles. The van der Waals surface area contributed by atoms with E-state index in [9.17, 15) is 10.2 Å². The number of benzene rings is 2. The van der Waals surface area contributed by atoms with Crippen molar-refractivity contribution in [1.82, 2.24) is 4.90 Å². The normalized spacial score (nSPS) is 18.3. The summed E-state index contributed by atoms with van der Waals surface area (Å²) in [7, 11) is 6.71. The van der Waals surface area contributed by atoms with Gasteiger partial charge in [-0.05, 0) is 55.1 Å². The molecular formula is C21H25NO5. The van der Waals surface area contributed by atoms with Gasteiger partial charge in [0, 0.05) is 23.7 Å². The lowest BCUT2D eigenvalue weighted by atomic mass is 9.85. The van der Waals surface area contributed by atoms with Gasteiger partial charge in [0.15, 0.2) is 23.0 Å². The predicted molar refractivity (Wildman–Crippen MR) is 102 cm³/mol. The molecule has 0 saturated heterocycles. The third-order valence-electron chi connectivity index (χ3n) is 5.87. The van der Waals surface area contributed by atoms with Crippen LogP contribution in [-0.2, 0) is 12.8 Å². The molecule has 0 saturated carbocycles. The van der Waals surface area contributed by atoms with Crippen LogP contribution in [0.3, 0.4) is 0 Å². The molecule has 2 aromatic rings. The molecule has 27 heavy (non-hydrogen) atoms. The molecule has 1 aliphatic heterocycles. The first-order valence-electron chi connectivity index (χ1n) is 9.11. The van der Waals surface area contributed by atoms with Crippen molar-refractivity contribution in [1.29, 1.82) is 0 Å². The molecule has 6 nitrogen and oxygen atoms in total. The molecule has 6 heteroatoms. The number of nitrogens with zero attached hydrogens (tertiary/aromatic N) is 1. The molecule has 2 aromatic carbocycles. The van der Waals surface area contributed by atoms with Gasteiger partial charge < -0.3 is 24.4 Å². The number of rotatable bonds is 3. The molecule has 0 aromatic heterocycles. The highest BCUT2D eigenvalue weighted by atomic mass is 16.5. The Hall–Kier alpha value is -2.60. The van der Waals surface area contributed by atoms with Gasteiger partial charge >= 0.3 is 0 Å². The van der Waals surface area contributed by atoms with Crippen LogP contribution in [0.5, 0.6) is 28.7 Å². The van der Waals surface area contributed by atoms with Crippen molar-refractivity contribution in [3.63, 3.8) is 0 Å². The second-order valence-corrected chi connectivity index (χ2v) is 7.16. The van der Waals surface area contributed by atoms with Gasteiger partial charge in [0.2, 0.25) is 5.75 Å². The standard InChI is InChI=1S/C21H25NO5/c1-22-8-7-12-10-14(25-2)19(23)18-16(12)13(22)6-5-11-9-15(26-3)20(24)21(27-4)17(11)18/h9-10,13,23-24H,5-8H2,1-4H3. The highest BCUT2D eigenvalue weighted by Crippen LogP contribution is 2.56. The zero-order chi connectivity index (χ0) is 19.3. The fraction of sp³-hybridized carbons (Fsp3) is 0.429. The number of likely N-dealkylation sites (N-methyl/N-ethyl adjacent to an activating group) is 1. The zero-order valence-corrected chi connectivity index (χ0v) is 16.1. The topological polar surface area (TPSA) is 71.4 Å². The Bertz CT molecular complexity index is 908. The number of fused-ring (bicyclic) bond motifs is 2. The minimum atomic E-state index is -0.0580. The molecule has 2 N–H and O–H groups in total. The molecular weight excluding hydrogens is 346 g/mol. The molecule has 0 bridgehead atoms. The van der Waals surface area contributed by atoms with Gasteiger partial charge in [-0.3, -0.25) is 4.90 Å². The summed E-state index contributed by atoms with van der Waals surface area (Å²) in [5.41, 5.74) is 4.68. The van der Waals surface area contributed by atoms with E-state index in [1.54, 1.807) is 7.11 Å². The maximum absolute atomic E-state index is 11.1. The number of ether oxygens (including phenoxy) is 3. The fourth-order valence-corrected chi connectivity index (χ4v) is 4.54. The molecule has 0 fully saturated rings. The van der Waals surface area contributed by atoms with E-state index >= 15 is 0 Å². The SMILES string of the molecule is COc1cc2c(c(OC)c1O)-c1c(O)c(OC)cc3c1C(CC2)N(C)CC3. The van der Waals surface area contributed by atoms with Crippen molar-refractivity contribution in [2.45, 2.75) is 25.3 Å². The fourth-order valence-electron chi connectivity index (χ4n) is 4.54. The van der Waals surface area contributed by atoms with Crippen molar-refractivity contribution in [2.75, 3.05) is 34.9 Å². The van der Waals surface area contributed by atoms with Crippen molar-refractivity contribution < 1.29 is 24.4 Å². The molecule has 0 spiro atoms. The highest BCUT2D eigenvalue weighted by Gasteiger charge is 2.36. The van der Waals surface area contributed by atoms with Crippen LogP contribution in [0.1, 0.15) is 29.2 Å². The number of hydrogen-bond donors (Lipinski definition) is 2. The summed E-state index contributed by atoms with van der Waals surface area (Å²) in [5.74, 6) is 1.16. The molecule has 4 rings (SSSR count). The smallest absolute Gasteiger partial charge is 0.201 e. The zero-order valence-electron chi connectivity index (χ0n) is 16.1. The molecule has 0 radical (unpaired) electrons. The summed E-state index contributed by atoms with van der Waals surface area (Å²) in [6.45, 7) is 0.951. The van der Waals surface area contributed by atoms with E-state index in [2.05, 4.69) is 11.9 Å². The molecule has 2 aliphatic rings. The van der Waals surface area contributed by atoms with Gasteiger partial charge in [0.1, 0.15) is 0 Å². The van der Waals surface area contributed by atoms with Crippen LogP contribution in [0.15, 0.2) is 12.1 Å². The second-order valence-electron chi connectivity index (χ2n) is 7.16. The Labute approximate surface area is 158 Å². The largest absolute Gasteiger partial charge is 0.504 e. The molecule has 1 heterocycles. The average molecular weight is 371 g/mol. The maximum Gasteiger partial charge on any atom is 0.201 e. The maximum atomic E-state index is 11.1. The summed E-state index contributed by atoms with van der Waals surface area (Å²) < 4.78 is 16.4. The van der Waals surface area contributed by atoms with Gasteiger partial charge in [-0.2, -0.15) is 0 Å². The first-order valence-corrected chi connectivity index (χ1v) is 9.11. The lowest BCUT2D eigenvalue weighted by molar-refractivity contribution is 0.220. The third-order valence-corrected chi connectivity index (χ3v) is 5.87. The van der Waals surface area contributed by atoms with Crippen LogP contribution in [0.2, 0.25) is 0 Å². The van der Waals surface area contributed by atoms with Crippen molar-refractivity contribution in [2.24, 2.45) is 0 Å². The Morgan fingerprint density at radius 3 is 2.22 bits per heavy atom. The summed E-state index contributed by atoms with van der Waals surface area (Å²) in [6.07, 6.45) is 2.57. The number of methoxy groups -OCH3 is 3.